The summed E-state index contributed by atoms with van der Waals surface area (Å²) in [5.74, 6) is 0.862. The molecule has 1 aliphatic heterocycles. The van der Waals surface area contributed by atoms with Crippen LogP contribution in [-0.4, -0.2) is 22.6 Å². The smallest absolute Gasteiger partial charge is 0.0951 e. The first-order valence-corrected chi connectivity index (χ1v) is 6.67. The van der Waals surface area contributed by atoms with Gasteiger partial charge in [0.25, 0.3) is 0 Å². The minimum Gasteiger partial charge on any atom is -0.334 e. The van der Waals surface area contributed by atoms with Crippen LogP contribution in [0.15, 0.2) is 6.33 Å². The van der Waals surface area contributed by atoms with E-state index in [0.29, 0.717) is 0 Å². The second-order valence-corrected chi connectivity index (χ2v) is 5.19. The van der Waals surface area contributed by atoms with E-state index in [0.717, 1.165) is 5.92 Å². The largest absolute Gasteiger partial charge is 0.334 e. The summed E-state index contributed by atoms with van der Waals surface area (Å²) in [6.07, 6.45) is 9.87. The Hall–Kier alpha value is -0.250. The maximum Gasteiger partial charge on any atom is 0.0951 e. The van der Waals surface area contributed by atoms with Crippen molar-refractivity contribution < 1.29 is 0 Å². The number of hydrogen-bond acceptors (Lipinski definition) is 2. The predicted octanol–water partition coefficient (Wildman–Crippen LogP) is 2.61. The van der Waals surface area contributed by atoms with E-state index in [1.54, 1.807) is 0 Å². The average Bonchev–Trinajstić information content (AvgIpc) is 2.74. The van der Waals surface area contributed by atoms with E-state index < -0.39 is 0 Å². The highest BCUT2D eigenvalue weighted by Crippen LogP contribution is 2.22. The van der Waals surface area contributed by atoms with Crippen LogP contribution >= 0.6 is 24.8 Å². The molecule has 104 valence electrons. The number of fused-ring (bicyclic) bond motifs is 1. The quantitative estimate of drug-likeness (QED) is 0.908. The Morgan fingerprint density at radius 1 is 1.17 bits per heavy atom. The van der Waals surface area contributed by atoms with Gasteiger partial charge in [0.2, 0.25) is 0 Å². The Kier molecular flexibility index (Phi) is 6.47. The Labute approximate surface area is 122 Å². The monoisotopic (exact) mass is 291 g/mol. The van der Waals surface area contributed by atoms with Gasteiger partial charge in [-0.1, -0.05) is 0 Å². The number of aromatic nitrogens is 2. The van der Waals surface area contributed by atoms with Crippen molar-refractivity contribution in [2.24, 2.45) is 5.92 Å². The van der Waals surface area contributed by atoms with E-state index in [1.165, 1.54) is 69.5 Å². The summed E-state index contributed by atoms with van der Waals surface area (Å²) in [6, 6.07) is 0. The number of piperidine rings is 1. The van der Waals surface area contributed by atoms with Crippen molar-refractivity contribution in [2.45, 2.75) is 45.1 Å². The molecule has 1 saturated heterocycles. The molecule has 5 heteroatoms. The van der Waals surface area contributed by atoms with Crippen LogP contribution in [0.1, 0.15) is 37.1 Å². The Balaban J connectivity index is 0.000000810. The van der Waals surface area contributed by atoms with Crippen molar-refractivity contribution in [1.82, 2.24) is 14.9 Å². The average molecular weight is 292 g/mol. The molecule has 0 saturated carbocycles. The van der Waals surface area contributed by atoms with Gasteiger partial charge >= 0.3 is 0 Å². The molecule has 1 fully saturated rings. The van der Waals surface area contributed by atoms with Gasteiger partial charge in [0.15, 0.2) is 0 Å². The molecule has 0 unspecified atom stereocenters. The summed E-state index contributed by atoms with van der Waals surface area (Å²) < 4.78 is 2.44. The molecule has 0 aromatic carbocycles. The maximum absolute atomic E-state index is 4.57. The highest BCUT2D eigenvalue weighted by atomic mass is 35.5. The summed E-state index contributed by atoms with van der Waals surface area (Å²) in [7, 11) is 0. The van der Waals surface area contributed by atoms with Crippen LogP contribution in [0.2, 0.25) is 0 Å². The van der Waals surface area contributed by atoms with Crippen LogP contribution in [0.4, 0.5) is 0 Å². The minimum absolute atomic E-state index is 0. The summed E-state index contributed by atoms with van der Waals surface area (Å²) in [5.41, 5.74) is 2.91. The second kappa shape index (κ2) is 7.37. The van der Waals surface area contributed by atoms with E-state index in [9.17, 15) is 0 Å². The molecule has 0 atom stereocenters. The number of rotatable bonds is 2. The van der Waals surface area contributed by atoms with Gasteiger partial charge in [-0.2, -0.15) is 0 Å². The lowest BCUT2D eigenvalue weighted by atomic mass is 9.97. The standard InChI is InChI=1S/C13H21N3.2ClH/c1-2-4-13-12(3-1)15-10-16(13)9-11-5-7-14-8-6-11;;/h10-11,14H,1-9H2;2*1H. The number of nitrogens with zero attached hydrogens (tertiary/aromatic N) is 2. The van der Waals surface area contributed by atoms with Gasteiger partial charge in [-0.3, -0.25) is 0 Å². The van der Waals surface area contributed by atoms with Crippen LogP contribution < -0.4 is 5.32 Å². The zero-order valence-electron chi connectivity index (χ0n) is 10.7. The SMILES string of the molecule is Cl.Cl.c1nc2c(n1CC1CCNCC1)CCCC2. The number of halogens is 2. The third-order valence-corrected chi connectivity index (χ3v) is 4.02. The highest BCUT2D eigenvalue weighted by molar-refractivity contribution is 5.85. The molecule has 3 rings (SSSR count). The lowest BCUT2D eigenvalue weighted by molar-refractivity contribution is 0.329. The predicted molar refractivity (Wildman–Crippen MR) is 79.0 cm³/mol. The normalized spacial score (nSPS) is 19.6. The van der Waals surface area contributed by atoms with E-state index in [-0.39, 0.29) is 24.8 Å². The zero-order chi connectivity index (χ0) is 10.8. The van der Waals surface area contributed by atoms with Crippen molar-refractivity contribution in [3.05, 3.63) is 17.7 Å². The van der Waals surface area contributed by atoms with Gasteiger partial charge in [-0.05, 0) is 57.5 Å². The number of imidazole rings is 1. The maximum atomic E-state index is 4.57. The molecule has 18 heavy (non-hydrogen) atoms. The molecule has 1 aromatic rings. The minimum atomic E-state index is 0. The summed E-state index contributed by atoms with van der Waals surface area (Å²) >= 11 is 0. The fraction of sp³-hybridized carbons (Fsp3) is 0.769. The van der Waals surface area contributed by atoms with E-state index in [4.69, 9.17) is 0 Å². The van der Waals surface area contributed by atoms with Crippen LogP contribution in [0, 0.1) is 5.92 Å². The molecule has 2 aliphatic rings. The third kappa shape index (κ3) is 3.40. The van der Waals surface area contributed by atoms with Gasteiger partial charge < -0.3 is 9.88 Å². The Morgan fingerprint density at radius 2 is 1.89 bits per heavy atom. The number of hydrogen-bond donors (Lipinski definition) is 1. The second-order valence-electron chi connectivity index (χ2n) is 5.19. The van der Waals surface area contributed by atoms with Gasteiger partial charge in [0.1, 0.15) is 0 Å². The first-order chi connectivity index (χ1) is 7.93. The van der Waals surface area contributed by atoms with Gasteiger partial charge in [-0.15, -0.1) is 24.8 Å². The molecular formula is C13H23Cl2N3. The molecule has 0 spiro atoms. The number of nitrogens with one attached hydrogen (secondary N) is 1. The van der Waals surface area contributed by atoms with Crippen molar-refractivity contribution in [1.29, 1.82) is 0 Å². The Morgan fingerprint density at radius 3 is 2.67 bits per heavy atom. The fourth-order valence-corrected chi connectivity index (χ4v) is 3.03. The molecule has 2 heterocycles. The number of aryl methyl sites for hydroxylation is 1. The van der Waals surface area contributed by atoms with Crippen molar-refractivity contribution >= 4 is 24.8 Å². The Bertz CT molecular complexity index is 359. The van der Waals surface area contributed by atoms with Crippen LogP contribution in [0.3, 0.4) is 0 Å². The molecule has 1 N–H and O–H groups in total. The molecular weight excluding hydrogens is 269 g/mol. The summed E-state index contributed by atoms with van der Waals surface area (Å²) in [4.78, 5) is 4.57. The molecule has 0 amide bonds. The first-order valence-electron chi connectivity index (χ1n) is 6.67. The van der Waals surface area contributed by atoms with Crippen molar-refractivity contribution in [3.8, 4) is 0 Å². The molecule has 3 nitrogen and oxygen atoms in total. The van der Waals surface area contributed by atoms with Gasteiger partial charge in [0.05, 0.1) is 12.0 Å². The van der Waals surface area contributed by atoms with Crippen LogP contribution in [0.5, 0.6) is 0 Å². The molecule has 0 bridgehead atoms. The van der Waals surface area contributed by atoms with Crippen molar-refractivity contribution in [2.75, 3.05) is 13.1 Å². The van der Waals surface area contributed by atoms with Crippen LogP contribution in [-0.2, 0) is 19.4 Å². The zero-order valence-corrected chi connectivity index (χ0v) is 12.4. The molecule has 1 aliphatic carbocycles. The summed E-state index contributed by atoms with van der Waals surface area (Å²) in [5, 5.41) is 3.43. The van der Waals surface area contributed by atoms with Crippen LogP contribution in [0.25, 0.3) is 0 Å². The summed E-state index contributed by atoms with van der Waals surface area (Å²) in [6.45, 7) is 3.59. The lowest BCUT2D eigenvalue weighted by Crippen LogP contribution is -2.30. The molecule has 0 radical (unpaired) electrons. The third-order valence-electron chi connectivity index (χ3n) is 4.02. The molecule has 1 aromatic heterocycles. The fourth-order valence-electron chi connectivity index (χ4n) is 3.03. The van der Waals surface area contributed by atoms with E-state index in [1.807, 2.05) is 0 Å². The van der Waals surface area contributed by atoms with E-state index in [2.05, 4.69) is 21.2 Å². The van der Waals surface area contributed by atoms with E-state index >= 15 is 0 Å². The topological polar surface area (TPSA) is 29.9 Å². The van der Waals surface area contributed by atoms with Gasteiger partial charge in [0, 0.05) is 12.2 Å². The lowest BCUT2D eigenvalue weighted by Gasteiger charge is -2.24. The highest BCUT2D eigenvalue weighted by Gasteiger charge is 2.18. The van der Waals surface area contributed by atoms with Crippen molar-refractivity contribution in [3.63, 3.8) is 0 Å². The van der Waals surface area contributed by atoms with Gasteiger partial charge in [-0.25, -0.2) is 4.98 Å². The first kappa shape index (κ1) is 15.8.